The van der Waals surface area contributed by atoms with Crippen LogP contribution in [-0.2, 0) is 4.79 Å². The number of hydrogen-bond acceptors (Lipinski definition) is 3. The van der Waals surface area contributed by atoms with Gasteiger partial charge in [-0.1, -0.05) is 0 Å². The van der Waals surface area contributed by atoms with Gasteiger partial charge >= 0.3 is 0 Å². The molecule has 0 aromatic carbocycles. The Bertz CT molecular complexity index is 200. The van der Waals surface area contributed by atoms with Crippen molar-refractivity contribution in [2.45, 2.75) is 13.8 Å². The van der Waals surface area contributed by atoms with Crippen molar-refractivity contribution in [1.29, 1.82) is 0 Å². The Labute approximate surface area is 72.7 Å². The molecule has 0 unspecified atom stereocenters. The lowest BCUT2D eigenvalue weighted by Gasteiger charge is -2.17. The van der Waals surface area contributed by atoms with Crippen LogP contribution in [0.2, 0.25) is 0 Å². The first-order chi connectivity index (χ1) is 5.70. The molecule has 1 rings (SSSR count). The van der Waals surface area contributed by atoms with E-state index >= 15 is 0 Å². The van der Waals surface area contributed by atoms with Crippen molar-refractivity contribution in [1.82, 2.24) is 10.2 Å². The summed E-state index contributed by atoms with van der Waals surface area (Å²) in [5.41, 5.74) is 0. The smallest absolute Gasteiger partial charge is 0.216 e. The van der Waals surface area contributed by atoms with E-state index in [4.69, 9.17) is 0 Å². The van der Waals surface area contributed by atoms with Crippen molar-refractivity contribution < 1.29 is 4.79 Å². The highest BCUT2D eigenvalue weighted by atomic mass is 16.1. The molecule has 1 aliphatic rings. The van der Waals surface area contributed by atoms with Crippen molar-refractivity contribution >= 4 is 11.7 Å². The SMILES string of the molecule is CC(=O)NCCN1CCN=C1C. The summed E-state index contributed by atoms with van der Waals surface area (Å²) in [5, 5.41) is 2.76. The zero-order valence-electron chi connectivity index (χ0n) is 7.63. The van der Waals surface area contributed by atoms with E-state index in [0.717, 1.165) is 25.5 Å². The number of carbonyl (C=O) groups is 1. The van der Waals surface area contributed by atoms with Gasteiger partial charge in [-0.05, 0) is 6.92 Å². The number of carbonyl (C=O) groups excluding carboxylic acids is 1. The molecule has 0 saturated heterocycles. The fourth-order valence-corrected chi connectivity index (χ4v) is 1.23. The average molecular weight is 169 g/mol. The molecule has 12 heavy (non-hydrogen) atoms. The van der Waals surface area contributed by atoms with E-state index in [9.17, 15) is 4.79 Å². The van der Waals surface area contributed by atoms with E-state index in [1.807, 2.05) is 6.92 Å². The van der Waals surface area contributed by atoms with Gasteiger partial charge in [0.05, 0.1) is 12.4 Å². The molecule has 1 amide bonds. The minimum Gasteiger partial charge on any atom is -0.357 e. The quantitative estimate of drug-likeness (QED) is 0.639. The minimum atomic E-state index is 0.0313. The molecular formula is C8H15N3O. The Balaban J connectivity index is 2.15. The summed E-state index contributed by atoms with van der Waals surface area (Å²) < 4.78 is 0. The summed E-state index contributed by atoms with van der Waals surface area (Å²) in [6.45, 7) is 7.00. The number of amidine groups is 1. The molecule has 0 atom stereocenters. The Hall–Kier alpha value is -1.06. The van der Waals surface area contributed by atoms with Crippen LogP contribution in [0.15, 0.2) is 4.99 Å². The molecular weight excluding hydrogens is 154 g/mol. The molecule has 0 radical (unpaired) electrons. The van der Waals surface area contributed by atoms with Gasteiger partial charge in [0, 0.05) is 26.6 Å². The van der Waals surface area contributed by atoms with E-state index in [0.29, 0.717) is 6.54 Å². The number of nitrogens with zero attached hydrogens (tertiary/aromatic N) is 2. The lowest BCUT2D eigenvalue weighted by molar-refractivity contribution is -0.118. The van der Waals surface area contributed by atoms with E-state index in [1.54, 1.807) is 0 Å². The molecule has 0 bridgehead atoms. The van der Waals surface area contributed by atoms with E-state index in [2.05, 4.69) is 15.2 Å². The molecule has 0 saturated carbocycles. The van der Waals surface area contributed by atoms with Crippen molar-refractivity contribution in [2.75, 3.05) is 26.2 Å². The molecule has 0 aromatic heterocycles. The van der Waals surface area contributed by atoms with Crippen molar-refractivity contribution in [3.8, 4) is 0 Å². The van der Waals surface area contributed by atoms with Crippen molar-refractivity contribution in [2.24, 2.45) is 4.99 Å². The second-order valence-corrected chi connectivity index (χ2v) is 2.90. The third kappa shape index (κ3) is 2.53. The molecule has 0 spiro atoms. The molecule has 4 heteroatoms. The van der Waals surface area contributed by atoms with Crippen LogP contribution >= 0.6 is 0 Å². The van der Waals surface area contributed by atoms with E-state index < -0.39 is 0 Å². The van der Waals surface area contributed by atoms with Crippen molar-refractivity contribution in [3.05, 3.63) is 0 Å². The van der Waals surface area contributed by atoms with Crippen LogP contribution < -0.4 is 5.32 Å². The number of amides is 1. The van der Waals surface area contributed by atoms with Crippen molar-refractivity contribution in [3.63, 3.8) is 0 Å². The normalized spacial score (nSPS) is 16.2. The maximum absolute atomic E-state index is 10.5. The molecule has 0 aliphatic carbocycles. The molecule has 4 nitrogen and oxygen atoms in total. The van der Waals surface area contributed by atoms with E-state index in [-0.39, 0.29) is 5.91 Å². The number of nitrogens with one attached hydrogen (secondary N) is 1. The fourth-order valence-electron chi connectivity index (χ4n) is 1.23. The Kier molecular flexibility index (Phi) is 3.08. The third-order valence-electron chi connectivity index (χ3n) is 1.92. The summed E-state index contributed by atoms with van der Waals surface area (Å²) >= 11 is 0. The maximum atomic E-state index is 10.5. The maximum Gasteiger partial charge on any atom is 0.216 e. The van der Waals surface area contributed by atoms with Crippen LogP contribution in [0.4, 0.5) is 0 Å². The Morgan fingerprint density at radius 1 is 1.75 bits per heavy atom. The fraction of sp³-hybridized carbons (Fsp3) is 0.750. The summed E-state index contributed by atoms with van der Waals surface area (Å²) in [5.74, 6) is 1.11. The Morgan fingerprint density at radius 2 is 2.50 bits per heavy atom. The zero-order chi connectivity index (χ0) is 8.97. The molecule has 0 fully saturated rings. The first-order valence-electron chi connectivity index (χ1n) is 4.20. The zero-order valence-corrected chi connectivity index (χ0v) is 7.63. The second-order valence-electron chi connectivity index (χ2n) is 2.90. The van der Waals surface area contributed by atoms with Gasteiger partial charge < -0.3 is 10.2 Å². The van der Waals surface area contributed by atoms with Crippen LogP contribution in [0.25, 0.3) is 0 Å². The van der Waals surface area contributed by atoms with Gasteiger partial charge in [0.15, 0.2) is 0 Å². The predicted octanol–water partition coefficient (Wildman–Crippen LogP) is -0.143. The van der Waals surface area contributed by atoms with Gasteiger partial charge in [-0.15, -0.1) is 0 Å². The van der Waals surface area contributed by atoms with Gasteiger partial charge in [0.25, 0.3) is 0 Å². The summed E-state index contributed by atoms with van der Waals surface area (Å²) in [4.78, 5) is 17.0. The molecule has 1 heterocycles. The first-order valence-corrected chi connectivity index (χ1v) is 4.20. The van der Waals surface area contributed by atoms with Crippen LogP contribution in [0.5, 0.6) is 0 Å². The lowest BCUT2D eigenvalue weighted by atomic mass is 10.4. The van der Waals surface area contributed by atoms with Crippen LogP contribution in [0, 0.1) is 0 Å². The summed E-state index contributed by atoms with van der Waals surface area (Å²) in [6.07, 6.45) is 0. The molecule has 1 aliphatic heterocycles. The summed E-state index contributed by atoms with van der Waals surface area (Å²) in [6, 6.07) is 0. The largest absolute Gasteiger partial charge is 0.357 e. The lowest BCUT2D eigenvalue weighted by Crippen LogP contribution is -2.35. The second kappa shape index (κ2) is 4.09. The first kappa shape index (κ1) is 9.03. The molecule has 68 valence electrons. The van der Waals surface area contributed by atoms with Crippen LogP contribution in [0.1, 0.15) is 13.8 Å². The van der Waals surface area contributed by atoms with E-state index in [1.165, 1.54) is 6.92 Å². The monoisotopic (exact) mass is 169 g/mol. The van der Waals surface area contributed by atoms with Crippen LogP contribution in [0.3, 0.4) is 0 Å². The standard InChI is InChI=1S/C8H15N3O/c1-7-9-3-5-11(7)6-4-10-8(2)12/h3-6H2,1-2H3,(H,10,12). The van der Waals surface area contributed by atoms with Crippen LogP contribution in [-0.4, -0.2) is 42.8 Å². The number of aliphatic imine (C=N–C) groups is 1. The Morgan fingerprint density at radius 3 is 3.00 bits per heavy atom. The summed E-state index contributed by atoms with van der Waals surface area (Å²) in [7, 11) is 0. The highest BCUT2D eigenvalue weighted by molar-refractivity contribution is 5.81. The molecule has 0 aromatic rings. The number of hydrogen-bond donors (Lipinski definition) is 1. The van der Waals surface area contributed by atoms with Gasteiger partial charge in [-0.25, -0.2) is 0 Å². The van der Waals surface area contributed by atoms with Gasteiger partial charge in [-0.2, -0.15) is 0 Å². The van der Waals surface area contributed by atoms with Gasteiger partial charge in [0.2, 0.25) is 5.91 Å². The number of rotatable bonds is 3. The molecule has 1 N–H and O–H groups in total. The third-order valence-corrected chi connectivity index (χ3v) is 1.92. The topological polar surface area (TPSA) is 44.7 Å². The average Bonchev–Trinajstić information content (AvgIpc) is 2.36. The predicted molar refractivity (Wildman–Crippen MR) is 48.2 cm³/mol. The highest BCUT2D eigenvalue weighted by Crippen LogP contribution is 1.98. The highest BCUT2D eigenvalue weighted by Gasteiger charge is 2.10. The van der Waals surface area contributed by atoms with Gasteiger partial charge in [0.1, 0.15) is 0 Å². The van der Waals surface area contributed by atoms with Gasteiger partial charge in [-0.3, -0.25) is 9.79 Å². The minimum absolute atomic E-state index is 0.0313.